The SMILES string of the molecule is CCCS(=O)(=O)NC(c1ccccc1)c1ccccc1. The molecule has 2 aromatic rings. The van der Waals surface area contributed by atoms with Crippen LogP contribution < -0.4 is 4.72 Å². The van der Waals surface area contributed by atoms with E-state index in [0.29, 0.717) is 6.42 Å². The minimum Gasteiger partial charge on any atom is -0.212 e. The number of hydrogen-bond acceptors (Lipinski definition) is 2. The average molecular weight is 289 g/mol. The van der Waals surface area contributed by atoms with Crippen LogP contribution in [0.1, 0.15) is 30.5 Å². The van der Waals surface area contributed by atoms with Gasteiger partial charge in [-0.2, -0.15) is 0 Å². The Hall–Kier alpha value is -1.65. The second-order valence-electron chi connectivity index (χ2n) is 4.69. The quantitative estimate of drug-likeness (QED) is 0.888. The van der Waals surface area contributed by atoms with Crippen LogP contribution in [-0.2, 0) is 10.0 Å². The highest BCUT2D eigenvalue weighted by atomic mass is 32.2. The summed E-state index contributed by atoms with van der Waals surface area (Å²) in [6.45, 7) is 1.86. The second-order valence-corrected chi connectivity index (χ2v) is 6.56. The van der Waals surface area contributed by atoms with Gasteiger partial charge in [-0.1, -0.05) is 67.6 Å². The van der Waals surface area contributed by atoms with Gasteiger partial charge in [0, 0.05) is 0 Å². The molecule has 0 aliphatic rings. The Balaban J connectivity index is 2.36. The number of hydrogen-bond donors (Lipinski definition) is 1. The van der Waals surface area contributed by atoms with Crippen molar-refractivity contribution in [3.05, 3.63) is 71.8 Å². The predicted octanol–water partition coefficient (Wildman–Crippen LogP) is 3.11. The van der Waals surface area contributed by atoms with Crippen LogP contribution in [0, 0.1) is 0 Å². The van der Waals surface area contributed by atoms with Gasteiger partial charge in [0.2, 0.25) is 10.0 Å². The molecule has 0 radical (unpaired) electrons. The lowest BCUT2D eigenvalue weighted by Gasteiger charge is -2.19. The van der Waals surface area contributed by atoms with Gasteiger partial charge < -0.3 is 0 Å². The topological polar surface area (TPSA) is 46.2 Å². The fourth-order valence-corrected chi connectivity index (χ4v) is 3.41. The van der Waals surface area contributed by atoms with Gasteiger partial charge in [0.15, 0.2) is 0 Å². The van der Waals surface area contributed by atoms with Gasteiger partial charge in [-0.25, -0.2) is 13.1 Å². The molecule has 0 aliphatic heterocycles. The molecular formula is C16H19NO2S. The molecule has 0 heterocycles. The van der Waals surface area contributed by atoms with E-state index in [1.165, 1.54) is 0 Å². The van der Waals surface area contributed by atoms with Crippen molar-refractivity contribution in [2.45, 2.75) is 19.4 Å². The average Bonchev–Trinajstić information content (AvgIpc) is 2.47. The summed E-state index contributed by atoms with van der Waals surface area (Å²) in [5.74, 6) is 0.142. The molecule has 0 saturated carbocycles. The zero-order chi connectivity index (χ0) is 14.4. The largest absolute Gasteiger partial charge is 0.212 e. The Morgan fingerprint density at radius 2 is 1.35 bits per heavy atom. The van der Waals surface area contributed by atoms with Crippen LogP contribution in [-0.4, -0.2) is 14.2 Å². The van der Waals surface area contributed by atoms with Gasteiger partial charge in [-0.3, -0.25) is 0 Å². The summed E-state index contributed by atoms with van der Waals surface area (Å²) in [5.41, 5.74) is 1.89. The third-order valence-electron chi connectivity index (χ3n) is 3.04. The first-order chi connectivity index (χ1) is 9.62. The Kier molecular flexibility index (Phi) is 4.93. The van der Waals surface area contributed by atoms with E-state index in [9.17, 15) is 8.42 Å². The molecule has 4 heteroatoms. The van der Waals surface area contributed by atoms with E-state index in [0.717, 1.165) is 11.1 Å². The number of rotatable bonds is 6. The highest BCUT2D eigenvalue weighted by Gasteiger charge is 2.20. The summed E-state index contributed by atoms with van der Waals surface area (Å²) in [7, 11) is -3.28. The summed E-state index contributed by atoms with van der Waals surface area (Å²) in [6.07, 6.45) is 0.603. The molecule has 2 aromatic carbocycles. The van der Waals surface area contributed by atoms with Gasteiger partial charge in [0.05, 0.1) is 11.8 Å². The molecule has 106 valence electrons. The van der Waals surface area contributed by atoms with Crippen LogP contribution >= 0.6 is 0 Å². The van der Waals surface area contributed by atoms with Crippen molar-refractivity contribution >= 4 is 10.0 Å². The molecule has 0 unspecified atom stereocenters. The summed E-state index contributed by atoms with van der Waals surface area (Å²) in [5, 5.41) is 0. The lowest BCUT2D eigenvalue weighted by molar-refractivity contribution is 0.571. The van der Waals surface area contributed by atoms with Crippen molar-refractivity contribution in [1.29, 1.82) is 0 Å². The van der Waals surface area contributed by atoms with Crippen LogP contribution in [0.3, 0.4) is 0 Å². The number of benzene rings is 2. The molecule has 2 rings (SSSR count). The van der Waals surface area contributed by atoms with Crippen LogP contribution in [0.25, 0.3) is 0 Å². The van der Waals surface area contributed by atoms with Gasteiger partial charge in [0.1, 0.15) is 0 Å². The first-order valence-corrected chi connectivity index (χ1v) is 8.37. The third kappa shape index (κ3) is 3.92. The minimum atomic E-state index is -3.28. The van der Waals surface area contributed by atoms with E-state index in [4.69, 9.17) is 0 Å². The molecule has 20 heavy (non-hydrogen) atoms. The molecule has 0 atom stereocenters. The van der Waals surface area contributed by atoms with Crippen molar-refractivity contribution in [3.63, 3.8) is 0 Å². The first kappa shape index (κ1) is 14.8. The summed E-state index contributed by atoms with van der Waals surface area (Å²) >= 11 is 0. The maximum absolute atomic E-state index is 12.1. The highest BCUT2D eigenvalue weighted by molar-refractivity contribution is 7.89. The molecule has 0 fully saturated rings. The summed E-state index contributed by atoms with van der Waals surface area (Å²) < 4.78 is 27.0. The van der Waals surface area contributed by atoms with E-state index in [-0.39, 0.29) is 11.8 Å². The first-order valence-electron chi connectivity index (χ1n) is 6.72. The van der Waals surface area contributed by atoms with E-state index in [1.807, 2.05) is 67.6 Å². The van der Waals surface area contributed by atoms with Gasteiger partial charge in [-0.05, 0) is 17.5 Å². The standard InChI is InChI=1S/C16H19NO2S/c1-2-13-20(18,19)17-16(14-9-5-3-6-10-14)15-11-7-4-8-12-15/h3-12,16-17H,2,13H2,1H3. The Bertz CT molecular complexity index is 585. The lowest BCUT2D eigenvalue weighted by atomic mass is 10.00. The predicted molar refractivity (Wildman–Crippen MR) is 81.9 cm³/mol. The monoisotopic (exact) mass is 289 g/mol. The third-order valence-corrected chi connectivity index (χ3v) is 4.58. The molecule has 0 aromatic heterocycles. The van der Waals surface area contributed by atoms with Crippen molar-refractivity contribution in [2.75, 3.05) is 5.75 Å². The van der Waals surface area contributed by atoms with E-state index in [2.05, 4.69) is 4.72 Å². The minimum absolute atomic E-state index is 0.142. The van der Waals surface area contributed by atoms with Crippen LogP contribution in [0.2, 0.25) is 0 Å². The maximum atomic E-state index is 12.1. The number of sulfonamides is 1. The smallest absolute Gasteiger partial charge is 0.212 e. The van der Waals surface area contributed by atoms with Crippen molar-refractivity contribution < 1.29 is 8.42 Å². The van der Waals surface area contributed by atoms with Crippen molar-refractivity contribution in [2.24, 2.45) is 0 Å². The van der Waals surface area contributed by atoms with Crippen LogP contribution in [0.4, 0.5) is 0 Å². The molecule has 0 saturated heterocycles. The summed E-state index contributed by atoms with van der Waals surface area (Å²) in [6, 6.07) is 18.9. The van der Waals surface area contributed by atoms with Gasteiger partial charge in [0.25, 0.3) is 0 Å². The lowest BCUT2D eigenvalue weighted by Crippen LogP contribution is -2.31. The fourth-order valence-electron chi connectivity index (χ4n) is 2.13. The molecule has 3 nitrogen and oxygen atoms in total. The molecule has 0 spiro atoms. The Morgan fingerprint density at radius 3 is 1.75 bits per heavy atom. The van der Waals surface area contributed by atoms with Crippen LogP contribution in [0.15, 0.2) is 60.7 Å². The molecule has 1 N–H and O–H groups in total. The molecular weight excluding hydrogens is 270 g/mol. The normalized spacial score (nSPS) is 11.7. The van der Waals surface area contributed by atoms with E-state index in [1.54, 1.807) is 0 Å². The molecule has 0 bridgehead atoms. The van der Waals surface area contributed by atoms with Crippen LogP contribution in [0.5, 0.6) is 0 Å². The Morgan fingerprint density at radius 1 is 0.900 bits per heavy atom. The molecule has 0 amide bonds. The van der Waals surface area contributed by atoms with E-state index >= 15 is 0 Å². The zero-order valence-corrected chi connectivity index (χ0v) is 12.3. The second kappa shape index (κ2) is 6.68. The van der Waals surface area contributed by atoms with Crippen molar-refractivity contribution in [1.82, 2.24) is 4.72 Å². The maximum Gasteiger partial charge on any atom is 0.212 e. The van der Waals surface area contributed by atoms with E-state index < -0.39 is 10.0 Å². The Labute approximate surface area is 120 Å². The van der Waals surface area contributed by atoms with Gasteiger partial charge in [-0.15, -0.1) is 0 Å². The zero-order valence-electron chi connectivity index (χ0n) is 11.5. The van der Waals surface area contributed by atoms with Crippen molar-refractivity contribution in [3.8, 4) is 0 Å². The highest BCUT2D eigenvalue weighted by Crippen LogP contribution is 2.22. The van der Waals surface area contributed by atoms with Gasteiger partial charge >= 0.3 is 0 Å². The number of nitrogens with one attached hydrogen (secondary N) is 1. The fraction of sp³-hybridized carbons (Fsp3) is 0.250. The summed E-state index contributed by atoms with van der Waals surface area (Å²) in [4.78, 5) is 0. The molecule has 0 aliphatic carbocycles.